The van der Waals surface area contributed by atoms with E-state index in [0.29, 0.717) is 21.4 Å². The van der Waals surface area contributed by atoms with Crippen molar-refractivity contribution in [1.29, 1.82) is 0 Å². The quantitative estimate of drug-likeness (QED) is 0.411. The summed E-state index contributed by atoms with van der Waals surface area (Å²) in [4.78, 5) is 25.3. The van der Waals surface area contributed by atoms with E-state index in [1.807, 2.05) is 6.07 Å². The highest BCUT2D eigenvalue weighted by molar-refractivity contribution is 9.10. The van der Waals surface area contributed by atoms with Crippen molar-refractivity contribution in [3.05, 3.63) is 86.3 Å². The van der Waals surface area contributed by atoms with E-state index in [1.165, 1.54) is 12.1 Å². The first-order chi connectivity index (χ1) is 13.4. The Morgan fingerprint density at radius 2 is 1.36 bits per heavy atom. The Labute approximate surface area is 180 Å². The molecule has 0 radical (unpaired) electrons. The second-order valence-corrected chi connectivity index (χ2v) is 7.46. The molecule has 0 heterocycles. The summed E-state index contributed by atoms with van der Waals surface area (Å²) in [6, 6.07) is 16.7. The molecule has 0 spiro atoms. The Morgan fingerprint density at radius 1 is 0.821 bits per heavy atom. The number of amides is 2. The first kappa shape index (κ1) is 20.2. The summed E-state index contributed by atoms with van der Waals surface area (Å²) in [7, 11) is 0. The molecular weight excluding hydrogens is 465 g/mol. The van der Waals surface area contributed by atoms with Crippen molar-refractivity contribution in [3.8, 4) is 0 Å². The van der Waals surface area contributed by atoms with Gasteiger partial charge in [0.15, 0.2) is 0 Å². The van der Waals surface area contributed by atoms with Crippen LogP contribution in [0.2, 0.25) is 10.0 Å². The van der Waals surface area contributed by atoms with Gasteiger partial charge in [0.25, 0.3) is 11.8 Å². The smallest absolute Gasteiger partial charge is 0.257 e. The van der Waals surface area contributed by atoms with Gasteiger partial charge in [-0.2, -0.15) is 0 Å². The molecule has 0 aliphatic heterocycles. The van der Waals surface area contributed by atoms with Gasteiger partial charge in [-0.1, -0.05) is 47.5 Å². The average molecular weight is 479 g/mol. The second kappa shape index (κ2) is 8.65. The van der Waals surface area contributed by atoms with E-state index in [-0.39, 0.29) is 27.2 Å². The Bertz CT molecular complexity index is 1050. The minimum atomic E-state index is -0.431. The summed E-state index contributed by atoms with van der Waals surface area (Å²) < 4.78 is 0.653. The number of nitrogens with two attached hydrogens (primary N) is 1. The number of nitrogen functional groups attached to an aromatic ring is 1. The highest BCUT2D eigenvalue weighted by Crippen LogP contribution is 2.31. The minimum Gasteiger partial charge on any atom is -0.396 e. The molecule has 0 fully saturated rings. The largest absolute Gasteiger partial charge is 0.396 e. The lowest BCUT2D eigenvalue weighted by Gasteiger charge is -2.13. The van der Waals surface area contributed by atoms with E-state index in [9.17, 15) is 9.59 Å². The van der Waals surface area contributed by atoms with Crippen molar-refractivity contribution in [3.63, 3.8) is 0 Å². The van der Waals surface area contributed by atoms with E-state index in [0.717, 1.165) is 0 Å². The van der Waals surface area contributed by atoms with Crippen molar-refractivity contribution in [2.45, 2.75) is 0 Å². The molecule has 0 aliphatic carbocycles. The first-order valence-electron chi connectivity index (χ1n) is 8.07. The van der Waals surface area contributed by atoms with Crippen LogP contribution in [0.25, 0.3) is 0 Å². The number of carbonyl (C=O) groups is 2. The van der Waals surface area contributed by atoms with Gasteiger partial charge in [-0.3, -0.25) is 9.59 Å². The SMILES string of the molecule is Nc1c(Cl)cc(NC(=O)c2ccccc2NC(=O)c2ccccc2Br)cc1Cl. The van der Waals surface area contributed by atoms with Crippen molar-refractivity contribution in [2.75, 3.05) is 16.4 Å². The molecule has 3 rings (SSSR count). The third-order valence-corrected chi connectivity index (χ3v) is 5.19. The van der Waals surface area contributed by atoms with Gasteiger partial charge < -0.3 is 16.4 Å². The standard InChI is InChI=1S/C20H14BrCl2N3O2/c21-14-7-3-1-5-12(14)19(27)26-17-8-4-2-6-13(17)20(28)25-11-9-15(22)18(24)16(23)10-11/h1-10H,24H2,(H,25,28)(H,26,27). The predicted molar refractivity (Wildman–Crippen MR) is 117 cm³/mol. The highest BCUT2D eigenvalue weighted by Gasteiger charge is 2.16. The molecule has 3 aromatic carbocycles. The summed E-state index contributed by atoms with van der Waals surface area (Å²) >= 11 is 15.4. The summed E-state index contributed by atoms with van der Waals surface area (Å²) in [5, 5.41) is 5.94. The molecule has 28 heavy (non-hydrogen) atoms. The van der Waals surface area contributed by atoms with E-state index in [1.54, 1.807) is 42.5 Å². The lowest BCUT2D eigenvalue weighted by Crippen LogP contribution is -2.18. The zero-order valence-corrected chi connectivity index (χ0v) is 17.4. The second-order valence-electron chi connectivity index (χ2n) is 5.79. The lowest BCUT2D eigenvalue weighted by atomic mass is 10.1. The molecule has 3 aromatic rings. The molecule has 0 aliphatic rings. The van der Waals surface area contributed by atoms with Gasteiger partial charge >= 0.3 is 0 Å². The molecule has 0 saturated carbocycles. The number of carbonyl (C=O) groups excluding carboxylic acids is 2. The Balaban J connectivity index is 1.85. The van der Waals surface area contributed by atoms with Crippen LogP contribution < -0.4 is 16.4 Å². The maximum absolute atomic E-state index is 12.7. The Hall–Kier alpha value is -2.54. The number of hydrogen-bond acceptors (Lipinski definition) is 3. The predicted octanol–water partition coefficient (Wildman–Crippen LogP) is 5.84. The number of rotatable bonds is 4. The van der Waals surface area contributed by atoms with E-state index in [2.05, 4.69) is 26.6 Å². The zero-order valence-electron chi connectivity index (χ0n) is 14.3. The summed E-state index contributed by atoms with van der Waals surface area (Å²) in [6.45, 7) is 0. The maximum atomic E-state index is 12.7. The topological polar surface area (TPSA) is 84.2 Å². The van der Waals surface area contributed by atoms with Crippen LogP contribution in [0.4, 0.5) is 17.1 Å². The number of anilines is 3. The summed E-state index contributed by atoms with van der Waals surface area (Å²) in [6.07, 6.45) is 0. The number of hydrogen-bond donors (Lipinski definition) is 3. The average Bonchev–Trinajstić information content (AvgIpc) is 2.66. The molecule has 4 N–H and O–H groups in total. The van der Waals surface area contributed by atoms with Gasteiger partial charge in [-0.05, 0) is 52.3 Å². The third-order valence-electron chi connectivity index (χ3n) is 3.88. The molecular formula is C20H14BrCl2N3O2. The van der Waals surface area contributed by atoms with Crippen LogP contribution in [0.5, 0.6) is 0 Å². The van der Waals surface area contributed by atoms with Crippen LogP contribution >= 0.6 is 39.1 Å². The van der Waals surface area contributed by atoms with Crippen molar-refractivity contribution in [1.82, 2.24) is 0 Å². The van der Waals surface area contributed by atoms with Crippen molar-refractivity contribution < 1.29 is 9.59 Å². The zero-order chi connectivity index (χ0) is 20.3. The molecule has 0 unspecified atom stereocenters. The number of para-hydroxylation sites is 1. The van der Waals surface area contributed by atoms with Gasteiger partial charge in [0, 0.05) is 10.2 Å². The maximum Gasteiger partial charge on any atom is 0.257 e. The third kappa shape index (κ3) is 4.47. The van der Waals surface area contributed by atoms with Gasteiger partial charge in [-0.15, -0.1) is 0 Å². The number of nitrogens with one attached hydrogen (secondary N) is 2. The van der Waals surface area contributed by atoms with Crippen molar-refractivity contribution in [2.24, 2.45) is 0 Å². The van der Waals surface area contributed by atoms with Gasteiger partial charge in [0.2, 0.25) is 0 Å². The molecule has 8 heteroatoms. The Morgan fingerprint density at radius 3 is 2.00 bits per heavy atom. The van der Waals surface area contributed by atoms with Gasteiger partial charge in [-0.25, -0.2) is 0 Å². The van der Waals surface area contributed by atoms with Gasteiger partial charge in [0.05, 0.1) is 32.5 Å². The van der Waals surface area contributed by atoms with Crippen LogP contribution in [0.3, 0.4) is 0 Å². The molecule has 142 valence electrons. The fraction of sp³-hybridized carbons (Fsp3) is 0. The monoisotopic (exact) mass is 477 g/mol. The van der Waals surface area contributed by atoms with Crippen LogP contribution in [0.1, 0.15) is 20.7 Å². The fourth-order valence-corrected chi connectivity index (χ4v) is 3.43. The number of benzene rings is 3. The molecule has 0 atom stereocenters. The van der Waals surface area contributed by atoms with E-state index in [4.69, 9.17) is 28.9 Å². The van der Waals surface area contributed by atoms with E-state index < -0.39 is 5.91 Å². The Kier molecular flexibility index (Phi) is 6.24. The summed E-state index contributed by atoms with van der Waals surface area (Å²) in [5.41, 5.74) is 7.45. The van der Waals surface area contributed by atoms with E-state index >= 15 is 0 Å². The fourth-order valence-electron chi connectivity index (χ4n) is 2.48. The molecule has 5 nitrogen and oxygen atoms in total. The molecule has 0 bridgehead atoms. The summed E-state index contributed by atoms with van der Waals surface area (Å²) in [5.74, 6) is -0.772. The minimum absolute atomic E-state index is 0.235. The van der Waals surface area contributed by atoms with Crippen LogP contribution in [-0.2, 0) is 0 Å². The van der Waals surface area contributed by atoms with Gasteiger partial charge in [0.1, 0.15) is 0 Å². The normalized spacial score (nSPS) is 10.4. The molecule has 0 saturated heterocycles. The van der Waals surface area contributed by atoms with Crippen LogP contribution in [-0.4, -0.2) is 11.8 Å². The molecule has 0 aromatic heterocycles. The lowest BCUT2D eigenvalue weighted by molar-refractivity contribution is 0.102. The first-order valence-corrected chi connectivity index (χ1v) is 9.62. The van der Waals surface area contributed by atoms with Crippen molar-refractivity contribution >= 4 is 68.0 Å². The van der Waals surface area contributed by atoms with Crippen LogP contribution in [0.15, 0.2) is 65.1 Å². The highest BCUT2D eigenvalue weighted by atomic mass is 79.9. The van der Waals surface area contributed by atoms with Crippen LogP contribution in [0, 0.1) is 0 Å². The number of halogens is 3. The molecule has 2 amide bonds.